The van der Waals surface area contributed by atoms with Crippen LogP contribution in [0.25, 0.3) is 0 Å². The molecule has 2 unspecified atom stereocenters. The van der Waals surface area contributed by atoms with Crippen molar-refractivity contribution >= 4 is 23.2 Å². The third-order valence-corrected chi connectivity index (χ3v) is 3.94. The first kappa shape index (κ1) is 17.8. The van der Waals surface area contributed by atoms with Crippen LogP contribution >= 0.6 is 23.2 Å². The molecule has 0 spiro atoms. The fraction of sp³-hybridized carbons (Fsp3) is 0.625. The maximum Gasteiger partial charge on any atom is 0.0669 e. The third-order valence-electron chi connectivity index (χ3n) is 3.20. The summed E-state index contributed by atoms with van der Waals surface area (Å²) in [4.78, 5) is 0. The zero-order valence-electron chi connectivity index (χ0n) is 12.7. The van der Waals surface area contributed by atoms with Gasteiger partial charge in [0.15, 0.2) is 0 Å². The van der Waals surface area contributed by atoms with Crippen LogP contribution in [0.1, 0.15) is 52.1 Å². The quantitative estimate of drug-likeness (QED) is 0.787. The summed E-state index contributed by atoms with van der Waals surface area (Å²) in [5.41, 5.74) is 1.23. The summed E-state index contributed by atoms with van der Waals surface area (Å²) in [5.74, 6) is 0. The number of benzene rings is 1. The van der Waals surface area contributed by atoms with Crippen molar-refractivity contribution < 1.29 is 5.11 Å². The smallest absolute Gasteiger partial charge is 0.0669 e. The molecule has 20 heavy (non-hydrogen) atoms. The molecule has 0 radical (unpaired) electrons. The molecular formula is C16H25Cl2NO. The molecule has 0 amide bonds. The number of aliphatic hydroxyl groups excluding tert-OH is 1. The molecule has 0 heterocycles. The van der Waals surface area contributed by atoms with Crippen molar-refractivity contribution in [1.29, 1.82) is 0 Å². The van der Waals surface area contributed by atoms with Crippen molar-refractivity contribution in [2.45, 2.75) is 52.7 Å². The van der Waals surface area contributed by atoms with Crippen molar-refractivity contribution in [2.24, 2.45) is 5.41 Å². The minimum atomic E-state index is -0.341. The fourth-order valence-electron chi connectivity index (χ4n) is 2.28. The van der Waals surface area contributed by atoms with Gasteiger partial charge in [0, 0.05) is 12.6 Å². The largest absolute Gasteiger partial charge is 0.392 e. The molecule has 114 valence electrons. The molecule has 0 saturated carbocycles. The zero-order chi connectivity index (χ0) is 15.3. The number of rotatable bonds is 6. The summed E-state index contributed by atoms with van der Waals surface area (Å²) in [5, 5.41) is 14.6. The van der Waals surface area contributed by atoms with Gasteiger partial charge in [-0.2, -0.15) is 0 Å². The van der Waals surface area contributed by atoms with Gasteiger partial charge in [0.05, 0.1) is 16.1 Å². The van der Waals surface area contributed by atoms with Crippen LogP contribution in [-0.2, 0) is 0 Å². The van der Waals surface area contributed by atoms with Gasteiger partial charge >= 0.3 is 0 Å². The zero-order valence-corrected chi connectivity index (χ0v) is 14.2. The van der Waals surface area contributed by atoms with E-state index in [0.29, 0.717) is 16.6 Å². The van der Waals surface area contributed by atoms with E-state index in [1.165, 1.54) is 0 Å². The SMILES string of the molecule is CCC(NCC(O)CC(C)(C)C)c1ccc(Cl)c(Cl)c1. The normalized spacial score (nSPS) is 15.2. The molecule has 1 aromatic rings. The highest BCUT2D eigenvalue weighted by Crippen LogP contribution is 2.27. The van der Waals surface area contributed by atoms with E-state index in [0.717, 1.165) is 18.4 Å². The van der Waals surface area contributed by atoms with Gasteiger partial charge in [-0.05, 0) is 36.0 Å². The Morgan fingerprint density at radius 1 is 1.20 bits per heavy atom. The first-order valence-electron chi connectivity index (χ1n) is 7.09. The second-order valence-corrected chi connectivity index (χ2v) is 7.28. The molecule has 1 aromatic carbocycles. The standard InChI is InChI=1S/C16H25Cl2NO/c1-5-15(11-6-7-13(17)14(18)8-11)19-10-12(20)9-16(2,3)4/h6-8,12,15,19-20H,5,9-10H2,1-4H3. The lowest BCUT2D eigenvalue weighted by Crippen LogP contribution is -2.32. The van der Waals surface area contributed by atoms with Gasteiger partial charge < -0.3 is 10.4 Å². The minimum Gasteiger partial charge on any atom is -0.392 e. The van der Waals surface area contributed by atoms with Crippen LogP contribution in [0, 0.1) is 5.41 Å². The Balaban J connectivity index is 2.61. The number of hydrogen-bond acceptors (Lipinski definition) is 2. The Morgan fingerprint density at radius 3 is 2.35 bits per heavy atom. The molecule has 2 N–H and O–H groups in total. The molecule has 2 atom stereocenters. The number of hydrogen-bond donors (Lipinski definition) is 2. The average molecular weight is 318 g/mol. The van der Waals surface area contributed by atoms with Gasteiger partial charge in [-0.3, -0.25) is 0 Å². The summed E-state index contributed by atoms with van der Waals surface area (Å²) < 4.78 is 0. The Labute approximate surface area is 132 Å². The van der Waals surface area contributed by atoms with Gasteiger partial charge in [-0.25, -0.2) is 0 Å². The Morgan fingerprint density at radius 2 is 1.85 bits per heavy atom. The van der Waals surface area contributed by atoms with E-state index >= 15 is 0 Å². The molecule has 0 aliphatic rings. The molecule has 0 saturated heterocycles. The molecule has 4 heteroatoms. The molecule has 0 aromatic heterocycles. The van der Waals surface area contributed by atoms with E-state index in [-0.39, 0.29) is 17.6 Å². The Kier molecular flexibility index (Phi) is 6.80. The van der Waals surface area contributed by atoms with Crippen LogP contribution in [0.3, 0.4) is 0 Å². The molecule has 2 nitrogen and oxygen atoms in total. The molecular weight excluding hydrogens is 293 g/mol. The van der Waals surface area contributed by atoms with E-state index in [4.69, 9.17) is 23.2 Å². The predicted octanol–water partition coefficient (Wildman–Crippen LogP) is 4.83. The van der Waals surface area contributed by atoms with Crippen LogP contribution in [0.2, 0.25) is 10.0 Å². The summed E-state index contributed by atoms with van der Waals surface area (Å²) in [6.45, 7) is 9.08. The molecule has 0 aliphatic carbocycles. The van der Waals surface area contributed by atoms with Crippen molar-refractivity contribution in [3.05, 3.63) is 33.8 Å². The summed E-state index contributed by atoms with van der Waals surface area (Å²) >= 11 is 12.0. The lowest BCUT2D eigenvalue weighted by Gasteiger charge is -2.25. The Hall–Kier alpha value is -0.280. The topological polar surface area (TPSA) is 32.3 Å². The maximum absolute atomic E-state index is 10.1. The van der Waals surface area contributed by atoms with Gasteiger partial charge in [-0.15, -0.1) is 0 Å². The lowest BCUT2D eigenvalue weighted by atomic mass is 9.89. The maximum atomic E-state index is 10.1. The second-order valence-electron chi connectivity index (χ2n) is 6.46. The van der Waals surface area contributed by atoms with Gasteiger partial charge in [0.25, 0.3) is 0 Å². The summed E-state index contributed by atoms with van der Waals surface area (Å²) in [7, 11) is 0. The lowest BCUT2D eigenvalue weighted by molar-refractivity contribution is 0.116. The van der Waals surface area contributed by atoms with E-state index in [9.17, 15) is 5.11 Å². The number of nitrogens with one attached hydrogen (secondary N) is 1. The van der Waals surface area contributed by atoms with Crippen LogP contribution in [0.5, 0.6) is 0 Å². The monoisotopic (exact) mass is 317 g/mol. The van der Waals surface area contributed by atoms with Crippen LogP contribution < -0.4 is 5.32 Å². The molecule has 0 aliphatic heterocycles. The van der Waals surface area contributed by atoms with Gasteiger partial charge in [0.1, 0.15) is 0 Å². The molecule has 0 bridgehead atoms. The predicted molar refractivity (Wildman–Crippen MR) is 87.6 cm³/mol. The van der Waals surface area contributed by atoms with E-state index < -0.39 is 0 Å². The van der Waals surface area contributed by atoms with Crippen molar-refractivity contribution in [1.82, 2.24) is 5.32 Å². The van der Waals surface area contributed by atoms with E-state index in [1.807, 2.05) is 18.2 Å². The van der Waals surface area contributed by atoms with Crippen LogP contribution in [-0.4, -0.2) is 17.8 Å². The van der Waals surface area contributed by atoms with Gasteiger partial charge in [-0.1, -0.05) is 57.0 Å². The van der Waals surface area contributed by atoms with E-state index in [1.54, 1.807) is 0 Å². The third kappa shape index (κ3) is 6.01. The number of halogens is 2. The highest BCUT2D eigenvalue weighted by Gasteiger charge is 2.18. The highest BCUT2D eigenvalue weighted by molar-refractivity contribution is 6.42. The van der Waals surface area contributed by atoms with Crippen molar-refractivity contribution in [2.75, 3.05) is 6.54 Å². The van der Waals surface area contributed by atoms with E-state index in [2.05, 4.69) is 33.0 Å². The fourth-order valence-corrected chi connectivity index (χ4v) is 2.59. The van der Waals surface area contributed by atoms with Crippen LogP contribution in [0.15, 0.2) is 18.2 Å². The minimum absolute atomic E-state index is 0.131. The second kappa shape index (κ2) is 7.65. The van der Waals surface area contributed by atoms with Crippen molar-refractivity contribution in [3.8, 4) is 0 Å². The molecule has 0 fully saturated rings. The van der Waals surface area contributed by atoms with Crippen LogP contribution in [0.4, 0.5) is 0 Å². The first-order chi connectivity index (χ1) is 9.23. The summed E-state index contributed by atoms with van der Waals surface area (Å²) in [6, 6.07) is 5.86. The number of aliphatic hydroxyl groups is 1. The first-order valence-corrected chi connectivity index (χ1v) is 7.85. The molecule has 1 rings (SSSR count). The summed E-state index contributed by atoms with van der Waals surface area (Å²) in [6.07, 6.45) is 1.37. The Bertz CT molecular complexity index is 429. The van der Waals surface area contributed by atoms with Crippen molar-refractivity contribution in [3.63, 3.8) is 0 Å². The van der Waals surface area contributed by atoms with Gasteiger partial charge in [0.2, 0.25) is 0 Å². The highest BCUT2D eigenvalue weighted by atomic mass is 35.5. The average Bonchev–Trinajstić information content (AvgIpc) is 2.32.